The van der Waals surface area contributed by atoms with Crippen LogP contribution in [0.4, 0.5) is 0 Å². The minimum atomic E-state index is -0.665. The zero-order valence-electron chi connectivity index (χ0n) is 10.6. The summed E-state index contributed by atoms with van der Waals surface area (Å²) < 4.78 is 0. The summed E-state index contributed by atoms with van der Waals surface area (Å²) in [4.78, 5) is 13.1. The number of rotatable bonds is 5. The standard InChI is InChI=1S/C12H24N2O2/c1-9(2)4-5-13-11-6-10(12(15)16)7-14(3)8-11/h9-11,13H,4-8H2,1-3H3,(H,15,16). The van der Waals surface area contributed by atoms with Crippen LogP contribution in [0.3, 0.4) is 0 Å². The van der Waals surface area contributed by atoms with Crippen molar-refractivity contribution in [2.75, 3.05) is 26.7 Å². The number of likely N-dealkylation sites (tertiary alicyclic amines) is 1. The summed E-state index contributed by atoms with van der Waals surface area (Å²) in [6.45, 7) is 7.03. The average Bonchev–Trinajstić information content (AvgIpc) is 2.16. The number of likely N-dealkylation sites (N-methyl/N-ethyl adjacent to an activating group) is 1. The third-order valence-electron chi connectivity index (χ3n) is 3.14. The second-order valence-electron chi connectivity index (χ2n) is 5.33. The molecule has 0 aliphatic carbocycles. The molecule has 0 spiro atoms. The molecule has 2 N–H and O–H groups in total. The molecule has 4 nitrogen and oxygen atoms in total. The second-order valence-corrected chi connectivity index (χ2v) is 5.33. The normalized spacial score (nSPS) is 27.2. The Balaban J connectivity index is 2.33. The fourth-order valence-electron chi connectivity index (χ4n) is 2.22. The number of nitrogens with zero attached hydrogens (tertiary/aromatic N) is 1. The molecule has 2 atom stereocenters. The number of carboxylic acids is 1. The van der Waals surface area contributed by atoms with E-state index in [0.717, 1.165) is 25.9 Å². The molecule has 1 heterocycles. The second kappa shape index (κ2) is 6.21. The lowest BCUT2D eigenvalue weighted by molar-refractivity contribution is -0.143. The van der Waals surface area contributed by atoms with E-state index in [-0.39, 0.29) is 5.92 Å². The molecule has 94 valence electrons. The maximum Gasteiger partial charge on any atom is 0.307 e. The van der Waals surface area contributed by atoms with E-state index in [1.807, 2.05) is 7.05 Å². The predicted octanol–water partition coefficient (Wildman–Crippen LogP) is 1.03. The zero-order valence-corrected chi connectivity index (χ0v) is 10.6. The van der Waals surface area contributed by atoms with Crippen LogP contribution in [0.5, 0.6) is 0 Å². The third-order valence-corrected chi connectivity index (χ3v) is 3.14. The van der Waals surface area contributed by atoms with Crippen LogP contribution in [0, 0.1) is 11.8 Å². The van der Waals surface area contributed by atoms with Gasteiger partial charge in [-0.05, 0) is 32.4 Å². The van der Waals surface area contributed by atoms with Gasteiger partial charge in [0, 0.05) is 19.1 Å². The van der Waals surface area contributed by atoms with Gasteiger partial charge in [-0.2, -0.15) is 0 Å². The van der Waals surface area contributed by atoms with Crippen molar-refractivity contribution in [3.8, 4) is 0 Å². The highest BCUT2D eigenvalue weighted by Crippen LogP contribution is 2.16. The lowest BCUT2D eigenvalue weighted by atomic mass is 9.94. The van der Waals surface area contributed by atoms with Crippen LogP contribution in [0.15, 0.2) is 0 Å². The number of hydrogen-bond acceptors (Lipinski definition) is 3. The Kier molecular flexibility index (Phi) is 5.22. The molecule has 0 aromatic rings. The average molecular weight is 228 g/mol. The van der Waals surface area contributed by atoms with Gasteiger partial charge in [0.2, 0.25) is 0 Å². The molecular weight excluding hydrogens is 204 g/mol. The third kappa shape index (κ3) is 4.49. The summed E-state index contributed by atoms with van der Waals surface area (Å²) in [6, 6.07) is 0.332. The van der Waals surface area contributed by atoms with E-state index in [1.54, 1.807) is 0 Å². The van der Waals surface area contributed by atoms with Crippen molar-refractivity contribution >= 4 is 5.97 Å². The van der Waals surface area contributed by atoms with Gasteiger partial charge in [-0.15, -0.1) is 0 Å². The number of aliphatic carboxylic acids is 1. The van der Waals surface area contributed by atoms with E-state index in [0.29, 0.717) is 18.5 Å². The minimum absolute atomic E-state index is 0.213. The number of piperidine rings is 1. The fourth-order valence-corrected chi connectivity index (χ4v) is 2.22. The molecule has 0 bridgehead atoms. The van der Waals surface area contributed by atoms with Gasteiger partial charge in [-0.3, -0.25) is 4.79 Å². The summed E-state index contributed by atoms with van der Waals surface area (Å²) in [5, 5.41) is 12.5. The highest BCUT2D eigenvalue weighted by atomic mass is 16.4. The van der Waals surface area contributed by atoms with E-state index < -0.39 is 5.97 Å². The molecule has 1 aliphatic heterocycles. The van der Waals surface area contributed by atoms with Gasteiger partial charge in [0.1, 0.15) is 0 Å². The van der Waals surface area contributed by atoms with Crippen molar-refractivity contribution in [2.24, 2.45) is 11.8 Å². The van der Waals surface area contributed by atoms with E-state index in [9.17, 15) is 4.79 Å². The van der Waals surface area contributed by atoms with Crippen LogP contribution in [0.25, 0.3) is 0 Å². The van der Waals surface area contributed by atoms with Crippen LogP contribution >= 0.6 is 0 Å². The molecule has 0 amide bonds. The highest BCUT2D eigenvalue weighted by molar-refractivity contribution is 5.70. The summed E-state index contributed by atoms with van der Waals surface area (Å²) in [5.74, 6) is -0.179. The Morgan fingerprint density at radius 1 is 1.50 bits per heavy atom. The molecule has 1 rings (SSSR count). The maximum atomic E-state index is 11.0. The van der Waals surface area contributed by atoms with Crippen molar-refractivity contribution in [3.05, 3.63) is 0 Å². The zero-order chi connectivity index (χ0) is 12.1. The molecule has 0 radical (unpaired) electrons. The van der Waals surface area contributed by atoms with Gasteiger partial charge < -0.3 is 15.3 Å². The van der Waals surface area contributed by atoms with Crippen LogP contribution in [-0.4, -0.2) is 48.7 Å². The van der Waals surface area contributed by atoms with Gasteiger partial charge in [-0.25, -0.2) is 0 Å². The molecule has 2 unspecified atom stereocenters. The van der Waals surface area contributed by atoms with Gasteiger partial charge >= 0.3 is 5.97 Å². The van der Waals surface area contributed by atoms with Gasteiger partial charge in [-0.1, -0.05) is 13.8 Å². The fraction of sp³-hybridized carbons (Fsp3) is 0.917. The first-order chi connectivity index (χ1) is 7.49. The maximum absolute atomic E-state index is 11.0. The Hall–Kier alpha value is -0.610. The number of carboxylic acid groups (broad SMARTS) is 1. The quantitative estimate of drug-likeness (QED) is 0.738. The number of carbonyl (C=O) groups is 1. The van der Waals surface area contributed by atoms with Crippen molar-refractivity contribution < 1.29 is 9.90 Å². The molecule has 1 aliphatic rings. The van der Waals surface area contributed by atoms with Crippen molar-refractivity contribution in [3.63, 3.8) is 0 Å². The first kappa shape index (κ1) is 13.5. The van der Waals surface area contributed by atoms with Gasteiger partial charge in [0.05, 0.1) is 5.92 Å². The molecule has 1 saturated heterocycles. The largest absolute Gasteiger partial charge is 0.481 e. The highest BCUT2D eigenvalue weighted by Gasteiger charge is 2.29. The molecule has 0 aromatic heterocycles. The smallest absolute Gasteiger partial charge is 0.307 e. The molecular formula is C12H24N2O2. The lowest BCUT2D eigenvalue weighted by Crippen LogP contribution is -2.49. The molecule has 0 saturated carbocycles. The topological polar surface area (TPSA) is 52.6 Å². The van der Waals surface area contributed by atoms with Crippen LogP contribution in [-0.2, 0) is 4.79 Å². The molecule has 16 heavy (non-hydrogen) atoms. The van der Waals surface area contributed by atoms with E-state index in [1.165, 1.54) is 0 Å². The van der Waals surface area contributed by atoms with E-state index in [4.69, 9.17) is 5.11 Å². The summed E-state index contributed by atoms with van der Waals surface area (Å²) >= 11 is 0. The minimum Gasteiger partial charge on any atom is -0.481 e. The SMILES string of the molecule is CC(C)CCNC1CC(C(=O)O)CN(C)C1. The van der Waals surface area contributed by atoms with Gasteiger partial charge in [0.25, 0.3) is 0 Å². The molecule has 4 heteroatoms. The molecule has 0 aromatic carbocycles. The molecule has 1 fully saturated rings. The lowest BCUT2D eigenvalue weighted by Gasteiger charge is -2.34. The van der Waals surface area contributed by atoms with Crippen molar-refractivity contribution in [1.82, 2.24) is 10.2 Å². The Labute approximate surface area is 98.0 Å². The predicted molar refractivity (Wildman–Crippen MR) is 64.5 cm³/mol. The summed E-state index contributed by atoms with van der Waals surface area (Å²) in [5.41, 5.74) is 0. The van der Waals surface area contributed by atoms with E-state index in [2.05, 4.69) is 24.1 Å². The Bertz CT molecular complexity index is 231. The first-order valence-corrected chi connectivity index (χ1v) is 6.13. The monoisotopic (exact) mass is 228 g/mol. The van der Waals surface area contributed by atoms with Gasteiger partial charge in [0.15, 0.2) is 0 Å². The van der Waals surface area contributed by atoms with E-state index >= 15 is 0 Å². The number of nitrogens with one attached hydrogen (secondary N) is 1. The Morgan fingerprint density at radius 3 is 2.75 bits per heavy atom. The summed E-state index contributed by atoms with van der Waals surface area (Å²) in [6.07, 6.45) is 1.91. The van der Waals surface area contributed by atoms with Crippen molar-refractivity contribution in [2.45, 2.75) is 32.7 Å². The van der Waals surface area contributed by atoms with Crippen LogP contribution < -0.4 is 5.32 Å². The number of hydrogen-bond donors (Lipinski definition) is 2. The van der Waals surface area contributed by atoms with Crippen LogP contribution in [0.2, 0.25) is 0 Å². The first-order valence-electron chi connectivity index (χ1n) is 6.13. The summed E-state index contributed by atoms with van der Waals surface area (Å²) in [7, 11) is 1.99. The van der Waals surface area contributed by atoms with Crippen molar-refractivity contribution in [1.29, 1.82) is 0 Å². The Morgan fingerprint density at radius 2 is 2.19 bits per heavy atom. The van der Waals surface area contributed by atoms with Crippen LogP contribution in [0.1, 0.15) is 26.7 Å².